The number of aromatic nitrogens is 2. The van der Waals surface area contributed by atoms with E-state index in [4.69, 9.17) is 14.1 Å². The average Bonchev–Trinajstić information content (AvgIpc) is 3.55. The van der Waals surface area contributed by atoms with Crippen molar-refractivity contribution >= 4 is 28.1 Å². The number of benzene rings is 3. The van der Waals surface area contributed by atoms with E-state index < -0.39 is 0 Å². The lowest BCUT2D eigenvalue weighted by atomic mass is 10.1. The molecule has 3 aromatic heterocycles. The molecule has 6 rings (SSSR count). The third-order valence-electron chi connectivity index (χ3n) is 5.63. The molecule has 35 heavy (non-hydrogen) atoms. The number of nitrogens with zero attached hydrogens (tertiary/aromatic N) is 4. The summed E-state index contributed by atoms with van der Waals surface area (Å²) in [4.78, 5) is 18.0. The number of para-hydroxylation sites is 2. The van der Waals surface area contributed by atoms with Gasteiger partial charge in [-0.1, -0.05) is 30.3 Å². The number of nitriles is 1. The molecule has 3 aromatic carbocycles. The summed E-state index contributed by atoms with van der Waals surface area (Å²) in [5.41, 5.74) is 2.33. The lowest BCUT2D eigenvalue weighted by Crippen LogP contribution is -2.20. The Kier molecular flexibility index (Phi) is 4.83. The van der Waals surface area contributed by atoms with Gasteiger partial charge in [0, 0.05) is 10.9 Å². The predicted octanol–water partition coefficient (Wildman–Crippen LogP) is 5.82. The molecule has 0 N–H and O–H groups in total. The molecule has 0 bridgehead atoms. The molecular formula is C28H16N4O3. The van der Waals surface area contributed by atoms with Crippen molar-refractivity contribution in [1.82, 2.24) is 9.66 Å². The van der Waals surface area contributed by atoms with Gasteiger partial charge in [-0.05, 0) is 60.7 Å². The predicted molar refractivity (Wildman–Crippen MR) is 133 cm³/mol. The Morgan fingerprint density at radius 1 is 0.886 bits per heavy atom. The summed E-state index contributed by atoms with van der Waals surface area (Å²) in [6.45, 7) is 0. The summed E-state index contributed by atoms with van der Waals surface area (Å²) in [6, 6.07) is 29.3. The van der Waals surface area contributed by atoms with Gasteiger partial charge >= 0.3 is 0 Å². The normalized spacial score (nSPS) is 11.4. The van der Waals surface area contributed by atoms with Crippen LogP contribution in [0.2, 0.25) is 0 Å². The molecule has 0 fully saturated rings. The fourth-order valence-electron chi connectivity index (χ4n) is 3.88. The van der Waals surface area contributed by atoms with Crippen LogP contribution >= 0.6 is 0 Å². The highest BCUT2D eigenvalue weighted by Gasteiger charge is 2.16. The van der Waals surface area contributed by atoms with Gasteiger partial charge in [0.2, 0.25) is 5.82 Å². The SMILES string of the molecule is N#Cc1ccc(-c2ccc(C=Nn3c(-c4cc5ccccc5o4)nc4ccccc4c3=O)o2)cc1. The van der Waals surface area contributed by atoms with E-state index in [1.165, 1.54) is 10.9 Å². The summed E-state index contributed by atoms with van der Waals surface area (Å²) in [6.07, 6.45) is 1.47. The molecule has 166 valence electrons. The number of rotatable bonds is 4. The summed E-state index contributed by atoms with van der Waals surface area (Å²) >= 11 is 0. The van der Waals surface area contributed by atoms with Gasteiger partial charge in [0.25, 0.3) is 5.56 Å². The third kappa shape index (κ3) is 3.69. The zero-order valence-electron chi connectivity index (χ0n) is 18.3. The maximum Gasteiger partial charge on any atom is 0.282 e. The number of hydrogen-bond acceptors (Lipinski definition) is 6. The van der Waals surface area contributed by atoms with Gasteiger partial charge < -0.3 is 8.83 Å². The smallest absolute Gasteiger partial charge is 0.282 e. The van der Waals surface area contributed by atoms with Gasteiger partial charge in [-0.3, -0.25) is 4.79 Å². The molecule has 7 heteroatoms. The van der Waals surface area contributed by atoms with Crippen LogP contribution in [0.5, 0.6) is 0 Å². The third-order valence-corrected chi connectivity index (χ3v) is 5.63. The maximum absolute atomic E-state index is 13.4. The fraction of sp³-hybridized carbons (Fsp3) is 0. The molecule has 0 aliphatic heterocycles. The van der Waals surface area contributed by atoms with Crippen LogP contribution < -0.4 is 5.56 Å². The minimum absolute atomic E-state index is 0.292. The molecular weight excluding hydrogens is 440 g/mol. The Hall–Kier alpha value is -5.22. The highest BCUT2D eigenvalue weighted by atomic mass is 16.3. The van der Waals surface area contributed by atoms with Gasteiger partial charge in [0.1, 0.15) is 17.1 Å². The van der Waals surface area contributed by atoms with Crippen molar-refractivity contribution in [3.8, 4) is 29.0 Å². The molecule has 0 radical (unpaired) electrons. The van der Waals surface area contributed by atoms with E-state index in [-0.39, 0.29) is 5.56 Å². The van der Waals surface area contributed by atoms with Crippen molar-refractivity contribution in [1.29, 1.82) is 5.26 Å². The van der Waals surface area contributed by atoms with E-state index in [0.29, 0.717) is 45.2 Å². The van der Waals surface area contributed by atoms with Crippen LogP contribution in [0, 0.1) is 11.3 Å². The molecule has 0 aliphatic carbocycles. The Morgan fingerprint density at radius 3 is 2.51 bits per heavy atom. The van der Waals surface area contributed by atoms with Gasteiger partial charge in [-0.15, -0.1) is 0 Å². The van der Waals surface area contributed by atoms with Crippen molar-refractivity contribution in [3.05, 3.63) is 113 Å². The van der Waals surface area contributed by atoms with Crippen molar-refractivity contribution in [3.63, 3.8) is 0 Å². The molecule has 0 aliphatic rings. The largest absolute Gasteiger partial charge is 0.455 e. The molecule has 0 spiro atoms. The molecule has 6 aromatic rings. The summed E-state index contributed by atoms with van der Waals surface area (Å²) < 4.78 is 13.1. The summed E-state index contributed by atoms with van der Waals surface area (Å²) in [5.74, 6) is 1.81. The molecule has 0 saturated heterocycles. The van der Waals surface area contributed by atoms with E-state index in [1.807, 2.05) is 54.6 Å². The fourth-order valence-corrected chi connectivity index (χ4v) is 3.88. The van der Waals surface area contributed by atoms with Crippen LogP contribution in [0.3, 0.4) is 0 Å². The minimum atomic E-state index is -0.318. The van der Waals surface area contributed by atoms with E-state index in [0.717, 1.165) is 10.9 Å². The second kappa shape index (κ2) is 8.28. The second-order valence-electron chi connectivity index (χ2n) is 7.85. The summed E-state index contributed by atoms with van der Waals surface area (Å²) in [7, 11) is 0. The molecule has 0 atom stereocenters. The van der Waals surface area contributed by atoms with E-state index in [2.05, 4.69) is 16.2 Å². The topological polar surface area (TPSA) is 97.3 Å². The van der Waals surface area contributed by atoms with Crippen LogP contribution in [0.1, 0.15) is 11.3 Å². The van der Waals surface area contributed by atoms with E-state index >= 15 is 0 Å². The zero-order chi connectivity index (χ0) is 23.8. The van der Waals surface area contributed by atoms with Gasteiger partial charge in [-0.2, -0.15) is 15.0 Å². The van der Waals surface area contributed by atoms with Gasteiger partial charge in [0.05, 0.1) is 28.8 Å². The minimum Gasteiger partial charge on any atom is -0.455 e. The second-order valence-corrected chi connectivity index (χ2v) is 7.85. The van der Waals surface area contributed by atoms with Crippen molar-refractivity contribution in [2.45, 2.75) is 0 Å². The Balaban J connectivity index is 1.44. The molecule has 3 heterocycles. The molecule has 0 amide bonds. The first-order chi connectivity index (χ1) is 17.2. The van der Waals surface area contributed by atoms with Gasteiger partial charge in [-0.25, -0.2) is 4.98 Å². The quantitative estimate of drug-likeness (QED) is 0.311. The molecule has 0 unspecified atom stereocenters. The number of hydrogen-bond donors (Lipinski definition) is 0. The Morgan fingerprint density at radius 2 is 1.69 bits per heavy atom. The van der Waals surface area contributed by atoms with Crippen molar-refractivity contribution in [2.75, 3.05) is 0 Å². The van der Waals surface area contributed by atoms with E-state index in [1.54, 1.807) is 36.4 Å². The van der Waals surface area contributed by atoms with Crippen LogP contribution in [0.15, 0.2) is 110 Å². The standard InChI is InChI=1S/C28H16N4O3/c29-16-18-9-11-19(12-10-18)25-14-13-21(34-25)17-30-32-27(26-15-20-5-1-4-8-24(20)35-26)31-23-7-3-2-6-22(23)28(32)33/h1-15,17H. The van der Waals surface area contributed by atoms with Crippen LogP contribution in [-0.2, 0) is 0 Å². The number of fused-ring (bicyclic) bond motifs is 2. The van der Waals surface area contributed by atoms with Crippen molar-refractivity contribution < 1.29 is 8.83 Å². The Bertz CT molecular complexity index is 1800. The summed E-state index contributed by atoms with van der Waals surface area (Å²) in [5, 5.41) is 14.8. The average molecular weight is 456 g/mol. The lowest BCUT2D eigenvalue weighted by molar-refractivity contribution is 0.573. The van der Waals surface area contributed by atoms with Crippen LogP contribution in [-0.4, -0.2) is 15.9 Å². The maximum atomic E-state index is 13.4. The first-order valence-electron chi connectivity index (χ1n) is 10.8. The van der Waals surface area contributed by atoms with Gasteiger partial charge in [0.15, 0.2) is 5.76 Å². The number of furan rings is 2. The van der Waals surface area contributed by atoms with Crippen LogP contribution in [0.4, 0.5) is 0 Å². The molecule has 0 saturated carbocycles. The van der Waals surface area contributed by atoms with E-state index in [9.17, 15) is 4.79 Å². The zero-order valence-corrected chi connectivity index (χ0v) is 18.3. The first kappa shape index (κ1) is 20.4. The highest BCUT2D eigenvalue weighted by Crippen LogP contribution is 2.27. The first-order valence-corrected chi connectivity index (χ1v) is 10.8. The van der Waals surface area contributed by atoms with Crippen LogP contribution in [0.25, 0.3) is 44.8 Å². The monoisotopic (exact) mass is 456 g/mol. The van der Waals surface area contributed by atoms with Crippen molar-refractivity contribution in [2.24, 2.45) is 5.10 Å². The highest BCUT2D eigenvalue weighted by molar-refractivity contribution is 5.84. The molecule has 7 nitrogen and oxygen atoms in total. The Labute approximate surface area is 198 Å². The lowest BCUT2D eigenvalue weighted by Gasteiger charge is -2.06.